The fraction of sp³-hybridized carbons (Fsp3) is 0.385. The van der Waals surface area contributed by atoms with Crippen molar-refractivity contribution in [1.82, 2.24) is 6.15 Å². The van der Waals surface area contributed by atoms with Gasteiger partial charge in [-0.1, -0.05) is 38.1 Å². The van der Waals surface area contributed by atoms with Crippen molar-refractivity contribution in [3.05, 3.63) is 42.5 Å². The fourth-order valence-corrected chi connectivity index (χ4v) is 3.83. The largest absolute Gasteiger partial charge is 0.344 e. The van der Waals surface area contributed by atoms with Gasteiger partial charge in [0.05, 0.1) is 10.1 Å². The predicted octanol–water partition coefficient (Wildman–Crippen LogP) is 3.56. The lowest BCUT2D eigenvalue weighted by Gasteiger charge is -2.18. The molecule has 0 aliphatic carbocycles. The Kier molecular flexibility index (Phi) is 8.19. The minimum atomic E-state index is -3.30. The standard InChI is InChI=1S/C13H18O2S.ClH.H3N/c1-5-12(10(2)3)16(14,15)13-9-7-6-8-11(13)4;;/h5-10,12H,1H2,2-4H3;1H;1H3. The van der Waals surface area contributed by atoms with E-state index >= 15 is 0 Å². The maximum absolute atomic E-state index is 12.4. The van der Waals surface area contributed by atoms with Crippen molar-refractivity contribution in [3.8, 4) is 0 Å². The van der Waals surface area contributed by atoms with Gasteiger partial charge in [-0.15, -0.1) is 19.0 Å². The third-order valence-electron chi connectivity index (χ3n) is 2.65. The first kappa shape index (κ1) is 19.5. The molecule has 5 heteroatoms. The number of aryl methyl sites for hydroxylation is 1. The summed E-state index contributed by atoms with van der Waals surface area (Å²) in [4.78, 5) is 0.411. The van der Waals surface area contributed by atoms with Crippen LogP contribution in [0.2, 0.25) is 0 Å². The van der Waals surface area contributed by atoms with Crippen molar-refractivity contribution in [2.75, 3.05) is 0 Å². The number of rotatable bonds is 4. The minimum Gasteiger partial charge on any atom is -0.344 e. The average Bonchev–Trinajstić information content (AvgIpc) is 2.17. The molecule has 18 heavy (non-hydrogen) atoms. The van der Waals surface area contributed by atoms with Crippen LogP contribution < -0.4 is 6.15 Å². The van der Waals surface area contributed by atoms with E-state index in [2.05, 4.69) is 6.58 Å². The number of hydrogen-bond acceptors (Lipinski definition) is 3. The summed E-state index contributed by atoms with van der Waals surface area (Å²) in [5, 5.41) is -0.520. The van der Waals surface area contributed by atoms with Crippen molar-refractivity contribution in [3.63, 3.8) is 0 Å². The molecule has 0 saturated heterocycles. The highest BCUT2D eigenvalue weighted by molar-refractivity contribution is 7.92. The molecule has 1 aromatic carbocycles. The summed E-state index contributed by atoms with van der Waals surface area (Å²) in [6, 6.07) is 7.06. The van der Waals surface area contributed by atoms with Gasteiger partial charge in [-0.05, 0) is 24.5 Å². The molecule has 0 aliphatic heterocycles. The van der Waals surface area contributed by atoms with Crippen LogP contribution in [0.3, 0.4) is 0 Å². The van der Waals surface area contributed by atoms with Gasteiger partial charge < -0.3 is 6.15 Å². The molecular weight excluding hydrogens is 270 g/mol. The Balaban J connectivity index is 0. The van der Waals surface area contributed by atoms with E-state index in [1.54, 1.807) is 12.1 Å². The normalized spacial score (nSPS) is 12.2. The van der Waals surface area contributed by atoms with Crippen LogP contribution in [0.4, 0.5) is 0 Å². The lowest BCUT2D eigenvalue weighted by molar-refractivity contribution is 0.560. The van der Waals surface area contributed by atoms with Crippen molar-refractivity contribution >= 4 is 22.2 Å². The van der Waals surface area contributed by atoms with E-state index in [4.69, 9.17) is 0 Å². The molecule has 0 fully saturated rings. The van der Waals surface area contributed by atoms with Crippen LogP contribution in [0.1, 0.15) is 19.4 Å². The quantitative estimate of drug-likeness (QED) is 0.862. The van der Waals surface area contributed by atoms with E-state index in [1.807, 2.05) is 32.9 Å². The Hall–Kier alpha value is -0.840. The van der Waals surface area contributed by atoms with Gasteiger partial charge in [0.15, 0.2) is 9.84 Å². The van der Waals surface area contributed by atoms with E-state index in [0.717, 1.165) is 5.56 Å². The number of benzene rings is 1. The highest BCUT2D eigenvalue weighted by Gasteiger charge is 2.28. The maximum Gasteiger partial charge on any atom is 0.185 e. The van der Waals surface area contributed by atoms with E-state index < -0.39 is 15.1 Å². The summed E-state index contributed by atoms with van der Waals surface area (Å²) in [6.45, 7) is 9.22. The average molecular weight is 292 g/mol. The lowest BCUT2D eigenvalue weighted by atomic mass is 10.1. The minimum absolute atomic E-state index is 0. The first-order valence-electron chi connectivity index (χ1n) is 5.33. The Morgan fingerprint density at radius 1 is 1.22 bits per heavy atom. The topological polar surface area (TPSA) is 69.1 Å². The van der Waals surface area contributed by atoms with Crippen LogP contribution in [0.25, 0.3) is 0 Å². The van der Waals surface area contributed by atoms with Crippen molar-refractivity contribution < 1.29 is 8.42 Å². The third-order valence-corrected chi connectivity index (χ3v) is 5.17. The zero-order valence-corrected chi connectivity index (χ0v) is 12.7. The molecule has 104 valence electrons. The molecule has 1 unspecified atom stereocenters. The van der Waals surface area contributed by atoms with Gasteiger partial charge in [0, 0.05) is 0 Å². The van der Waals surface area contributed by atoms with E-state index in [-0.39, 0.29) is 24.5 Å². The summed E-state index contributed by atoms with van der Waals surface area (Å²) in [7, 11) is -3.30. The fourth-order valence-electron chi connectivity index (χ4n) is 1.78. The Morgan fingerprint density at radius 3 is 2.11 bits per heavy atom. The molecule has 0 spiro atoms. The first-order chi connectivity index (χ1) is 7.41. The molecule has 1 rings (SSSR count). The van der Waals surface area contributed by atoms with Crippen LogP contribution in [-0.2, 0) is 9.84 Å². The van der Waals surface area contributed by atoms with Gasteiger partial charge in [-0.3, -0.25) is 0 Å². The summed E-state index contributed by atoms with van der Waals surface area (Å²) < 4.78 is 24.7. The lowest BCUT2D eigenvalue weighted by Crippen LogP contribution is -2.25. The van der Waals surface area contributed by atoms with Crippen molar-refractivity contribution in [1.29, 1.82) is 0 Å². The second-order valence-electron chi connectivity index (χ2n) is 4.25. The summed E-state index contributed by atoms with van der Waals surface area (Å²) in [5.74, 6) is 0.0297. The molecule has 1 aromatic rings. The zero-order valence-electron chi connectivity index (χ0n) is 11.1. The highest BCUT2D eigenvalue weighted by atomic mass is 35.5. The molecule has 0 heterocycles. The van der Waals surface area contributed by atoms with Crippen LogP contribution >= 0.6 is 12.4 Å². The van der Waals surface area contributed by atoms with Gasteiger partial charge in [0.25, 0.3) is 0 Å². The molecule has 0 radical (unpaired) electrons. The maximum atomic E-state index is 12.4. The van der Waals surface area contributed by atoms with Gasteiger partial charge in [-0.25, -0.2) is 8.42 Å². The van der Waals surface area contributed by atoms with E-state index in [0.29, 0.717) is 4.90 Å². The van der Waals surface area contributed by atoms with Crippen LogP contribution in [0.15, 0.2) is 41.8 Å². The molecule has 0 aromatic heterocycles. The Labute approximate surface area is 116 Å². The van der Waals surface area contributed by atoms with Gasteiger partial charge in [0.2, 0.25) is 0 Å². The summed E-state index contributed by atoms with van der Waals surface area (Å²) in [6.07, 6.45) is 1.52. The van der Waals surface area contributed by atoms with Gasteiger partial charge in [-0.2, -0.15) is 0 Å². The van der Waals surface area contributed by atoms with Crippen LogP contribution in [-0.4, -0.2) is 13.7 Å². The second kappa shape index (κ2) is 7.56. The third kappa shape index (κ3) is 3.83. The highest BCUT2D eigenvalue weighted by Crippen LogP contribution is 2.24. The molecule has 0 bridgehead atoms. The van der Waals surface area contributed by atoms with Crippen molar-refractivity contribution in [2.24, 2.45) is 5.92 Å². The number of sulfone groups is 1. The molecule has 3 nitrogen and oxygen atoms in total. The molecule has 3 N–H and O–H groups in total. The van der Waals surface area contributed by atoms with E-state index in [1.165, 1.54) is 6.08 Å². The Bertz CT molecular complexity index is 484. The number of halogens is 1. The molecule has 0 saturated carbocycles. The summed E-state index contributed by atoms with van der Waals surface area (Å²) >= 11 is 0. The second-order valence-corrected chi connectivity index (χ2v) is 6.33. The molecule has 0 aliphatic rings. The molecule has 0 amide bonds. The monoisotopic (exact) mass is 291 g/mol. The molecular formula is C13H22ClNO2S. The van der Waals surface area contributed by atoms with Gasteiger partial charge >= 0.3 is 0 Å². The number of hydrogen-bond donors (Lipinski definition) is 1. The van der Waals surface area contributed by atoms with Crippen LogP contribution in [0, 0.1) is 12.8 Å². The van der Waals surface area contributed by atoms with Crippen LogP contribution in [0.5, 0.6) is 0 Å². The van der Waals surface area contributed by atoms with Gasteiger partial charge in [0.1, 0.15) is 0 Å². The Morgan fingerprint density at radius 2 is 1.72 bits per heavy atom. The smallest absolute Gasteiger partial charge is 0.185 e. The predicted molar refractivity (Wildman–Crippen MR) is 79.5 cm³/mol. The SMILES string of the molecule is C=CC(C(C)C)S(=O)(=O)c1ccccc1C.Cl.N. The summed E-state index contributed by atoms with van der Waals surface area (Å²) in [5.41, 5.74) is 0.787. The van der Waals surface area contributed by atoms with Crippen molar-refractivity contribution in [2.45, 2.75) is 30.9 Å². The molecule has 1 atom stereocenters. The zero-order chi connectivity index (χ0) is 12.3. The van der Waals surface area contributed by atoms with E-state index in [9.17, 15) is 8.42 Å². The first-order valence-corrected chi connectivity index (χ1v) is 6.88.